The Balaban J connectivity index is 2.32. The van der Waals surface area contributed by atoms with Crippen LogP contribution < -0.4 is 16.8 Å². The van der Waals surface area contributed by atoms with Crippen LogP contribution in [-0.4, -0.2) is 10.9 Å². The van der Waals surface area contributed by atoms with Crippen molar-refractivity contribution in [3.05, 3.63) is 29.6 Å². The van der Waals surface area contributed by atoms with E-state index in [-0.39, 0.29) is 5.96 Å². The summed E-state index contributed by atoms with van der Waals surface area (Å²) in [5.74, 6) is -0.123. The number of guanidine groups is 1. The van der Waals surface area contributed by atoms with Crippen molar-refractivity contribution in [1.82, 2.24) is 4.98 Å². The van der Waals surface area contributed by atoms with Crippen molar-refractivity contribution in [2.24, 2.45) is 5.73 Å². The number of aromatic nitrogens is 1. The normalized spacial score (nSPS) is 10.0. The molecule has 0 aliphatic rings. The van der Waals surface area contributed by atoms with Crippen molar-refractivity contribution in [2.75, 3.05) is 11.1 Å². The van der Waals surface area contributed by atoms with Gasteiger partial charge in [0.25, 0.3) is 0 Å². The molecule has 0 radical (unpaired) electrons. The Kier molecular flexibility index (Phi) is 2.74. The van der Waals surface area contributed by atoms with Crippen molar-refractivity contribution in [2.45, 2.75) is 0 Å². The Morgan fingerprint density at radius 3 is 2.81 bits per heavy atom. The zero-order chi connectivity index (χ0) is 11.5. The van der Waals surface area contributed by atoms with Gasteiger partial charge in [0.1, 0.15) is 0 Å². The highest BCUT2D eigenvalue weighted by Gasteiger charge is 2.06. The van der Waals surface area contributed by atoms with Crippen LogP contribution in [0.15, 0.2) is 29.6 Å². The van der Waals surface area contributed by atoms with E-state index in [0.29, 0.717) is 10.8 Å². The van der Waals surface area contributed by atoms with E-state index in [1.807, 2.05) is 29.6 Å². The van der Waals surface area contributed by atoms with Crippen molar-refractivity contribution in [1.29, 1.82) is 5.41 Å². The van der Waals surface area contributed by atoms with Crippen LogP contribution in [0.4, 0.5) is 10.8 Å². The largest absolute Gasteiger partial charge is 0.398 e. The molecule has 0 spiro atoms. The quantitative estimate of drug-likeness (QED) is 0.360. The molecule has 2 rings (SSSR count). The first-order chi connectivity index (χ1) is 7.66. The van der Waals surface area contributed by atoms with Crippen LogP contribution in [0, 0.1) is 5.41 Å². The maximum Gasteiger partial charge on any atom is 0.192 e. The van der Waals surface area contributed by atoms with Crippen molar-refractivity contribution in [3.8, 4) is 11.3 Å². The number of anilines is 2. The molecular formula is C10H11N5S. The summed E-state index contributed by atoms with van der Waals surface area (Å²) in [6.07, 6.45) is 0. The number of nitrogens with two attached hydrogens (primary N) is 2. The van der Waals surface area contributed by atoms with Crippen LogP contribution in [0.3, 0.4) is 0 Å². The standard InChI is InChI=1S/C10H11N5S/c11-7-4-2-1-3-6(7)8-5-16-10(14-8)15-9(12)13/h1-5H,11H2,(H4,12,13,14,15). The van der Waals surface area contributed by atoms with Crippen LogP contribution in [-0.2, 0) is 0 Å². The maximum atomic E-state index is 7.10. The Morgan fingerprint density at radius 1 is 1.38 bits per heavy atom. The van der Waals surface area contributed by atoms with Crippen molar-refractivity contribution < 1.29 is 0 Å². The monoisotopic (exact) mass is 233 g/mol. The zero-order valence-electron chi connectivity index (χ0n) is 8.40. The highest BCUT2D eigenvalue weighted by atomic mass is 32.1. The highest BCUT2D eigenvalue weighted by Crippen LogP contribution is 2.28. The summed E-state index contributed by atoms with van der Waals surface area (Å²) in [7, 11) is 0. The highest BCUT2D eigenvalue weighted by molar-refractivity contribution is 7.14. The van der Waals surface area contributed by atoms with Gasteiger partial charge in [-0.3, -0.25) is 5.41 Å². The number of hydrogen-bond donors (Lipinski definition) is 4. The third-order valence-electron chi connectivity index (χ3n) is 1.98. The predicted molar refractivity (Wildman–Crippen MR) is 67.5 cm³/mol. The van der Waals surface area contributed by atoms with Crippen LogP contribution in [0.5, 0.6) is 0 Å². The Hall–Kier alpha value is -2.08. The molecule has 6 heteroatoms. The summed E-state index contributed by atoms with van der Waals surface area (Å²) in [5, 5.41) is 12.2. The molecule has 0 atom stereocenters. The summed E-state index contributed by atoms with van der Waals surface area (Å²) in [6, 6.07) is 7.51. The van der Waals surface area contributed by atoms with E-state index in [9.17, 15) is 0 Å². The molecule has 1 heterocycles. The second-order valence-corrected chi connectivity index (χ2v) is 4.02. The maximum absolute atomic E-state index is 7.10. The summed E-state index contributed by atoms with van der Waals surface area (Å²) in [4.78, 5) is 4.29. The molecule has 0 aliphatic heterocycles. The van der Waals surface area contributed by atoms with E-state index in [2.05, 4.69) is 10.3 Å². The van der Waals surface area contributed by atoms with Crippen LogP contribution in [0.2, 0.25) is 0 Å². The first kappa shape index (κ1) is 10.4. The van der Waals surface area contributed by atoms with Gasteiger partial charge in [0.05, 0.1) is 5.69 Å². The van der Waals surface area contributed by atoms with Crippen LogP contribution in [0.1, 0.15) is 0 Å². The number of benzene rings is 1. The fourth-order valence-corrected chi connectivity index (χ4v) is 2.02. The average Bonchev–Trinajstić information content (AvgIpc) is 2.66. The smallest absolute Gasteiger partial charge is 0.192 e. The molecule has 0 fully saturated rings. The Morgan fingerprint density at radius 2 is 2.12 bits per heavy atom. The minimum absolute atomic E-state index is 0.123. The lowest BCUT2D eigenvalue weighted by atomic mass is 10.1. The molecule has 1 aromatic heterocycles. The molecule has 5 nitrogen and oxygen atoms in total. The minimum Gasteiger partial charge on any atom is -0.398 e. The van der Waals surface area contributed by atoms with Gasteiger partial charge in [-0.1, -0.05) is 18.2 Å². The number of thiazole rings is 1. The average molecular weight is 233 g/mol. The van der Waals surface area contributed by atoms with Crippen molar-refractivity contribution in [3.63, 3.8) is 0 Å². The zero-order valence-corrected chi connectivity index (χ0v) is 9.21. The molecule has 0 bridgehead atoms. The lowest BCUT2D eigenvalue weighted by Gasteiger charge is -2.01. The second kappa shape index (κ2) is 4.19. The Labute approximate surface area is 96.6 Å². The molecule has 0 amide bonds. The van der Waals surface area contributed by atoms with Gasteiger partial charge >= 0.3 is 0 Å². The third kappa shape index (κ3) is 2.12. The number of hydrogen-bond acceptors (Lipinski definition) is 4. The van der Waals surface area contributed by atoms with Gasteiger partial charge in [-0.15, -0.1) is 11.3 Å². The minimum atomic E-state index is -0.123. The summed E-state index contributed by atoms with van der Waals surface area (Å²) in [5.41, 5.74) is 13.4. The van der Waals surface area contributed by atoms with Gasteiger partial charge in [-0.2, -0.15) is 0 Å². The molecule has 2 aromatic rings. The molecule has 0 aliphatic carbocycles. The molecule has 6 N–H and O–H groups in total. The molecule has 0 saturated carbocycles. The Bertz CT molecular complexity index is 519. The van der Waals surface area contributed by atoms with Gasteiger partial charge < -0.3 is 16.8 Å². The third-order valence-corrected chi connectivity index (χ3v) is 2.74. The lowest BCUT2D eigenvalue weighted by molar-refractivity contribution is 1.36. The molecular weight excluding hydrogens is 222 g/mol. The SMILES string of the molecule is N=C(N)Nc1nc(-c2ccccc2N)cs1. The van der Waals surface area contributed by atoms with E-state index >= 15 is 0 Å². The van der Waals surface area contributed by atoms with E-state index in [4.69, 9.17) is 16.9 Å². The van der Waals surface area contributed by atoms with Gasteiger partial charge in [0.15, 0.2) is 11.1 Å². The summed E-state index contributed by atoms with van der Waals surface area (Å²) >= 11 is 1.38. The summed E-state index contributed by atoms with van der Waals surface area (Å²) in [6.45, 7) is 0. The van der Waals surface area contributed by atoms with E-state index in [1.165, 1.54) is 11.3 Å². The molecule has 82 valence electrons. The fourth-order valence-electron chi connectivity index (χ4n) is 1.30. The topological polar surface area (TPSA) is 101 Å². The molecule has 0 saturated heterocycles. The lowest BCUT2D eigenvalue weighted by Crippen LogP contribution is -2.20. The van der Waals surface area contributed by atoms with Crippen molar-refractivity contribution >= 4 is 28.1 Å². The number of nitrogen functional groups attached to an aromatic ring is 1. The number of para-hydroxylation sites is 1. The van der Waals surface area contributed by atoms with Gasteiger partial charge in [-0.05, 0) is 6.07 Å². The van der Waals surface area contributed by atoms with E-state index in [0.717, 1.165) is 11.3 Å². The first-order valence-corrected chi connectivity index (χ1v) is 5.46. The fraction of sp³-hybridized carbons (Fsp3) is 0. The second-order valence-electron chi connectivity index (χ2n) is 3.16. The number of nitrogens with zero attached hydrogens (tertiary/aromatic N) is 1. The molecule has 16 heavy (non-hydrogen) atoms. The van der Waals surface area contributed by atoms with Gasteiger partial charge in [0.2, 0.25) is 0 Å². The van der Waals surface area contributed by atoms with Crippen LogP contribution in [0.25, 0.3) is 11.3 Å². The summed E-state index contributed by atoms with van der Waals surface area (Å²) < 4.78 is 0. The van der Waals surface area contributed by atoms with E-state index in [1.54, 1.807) is 0 Å². The number of nitrogens with one attached hydrogen (secondary N) is 2. The number of rotatable bonds is 2. The van der Waals surface area contributed by atoms with Gasteiger partial charge in [0, 0.05) is 16.6 Å². The first-order valence-electron chi connectivity index (χ1n) is 4.58. The molecule has 0 unspecified atom stereocenters. The van der Waals surface area contributed by atoms with Crippen LogP contribution >= 0.6 is 11.3 Å². The van der Waals surface area contributed by atoms with E-state index < -0.39 is 0 Å². The predicted octanol–water partition coefficient (Wildman–Crippen LogP) is 1.70. The molecule has 1 aromatic carbocycles. The van der Waals surface area contributed by atoms with Gasteiger partial charge in [-0.25, -0.2) is 4.98 Å².